The Morgan fingerprint density at radius 3 is 2.47 bits per heavy atom. The minimum atomic E-state index is -1.02. The van der Waals surface area contributed by atoms with Crippen LogP contribution in [0.1, 0.15) is 59.4 Å². The number of hydrogen-bond acceptors (Lipinski definition) is 3. The molecule has 1 rings (SSSR count). The van der Waals surface area contributed by atoms with Crippen molar-refractivity contribution in [2.24, 2.45) is 0 Å². The third kappa shape index (κ3) is 4.09. The van der Waals surface area contributed by atoms with Crippen molar-refractivity contribution in [3.05, 3.63) is 28.8 Å². The number of Topliss-reactive ketones (excluding diaryl/α,β-unsaturated/α-hetero) is 1. The number of rotatable bonds is 7. The summed E-state index contributed by atoms with van der Waals surface area (Å²) in [5.74, 6) is -0.752. The summed E-state index contributed by atoms with van der Waals surface area (Å²) in [4.78, 5) is 22.7. The zero-order valence-corrected chi connectivity index (χ0v) is 11.7. The smallest absolute Gasteiger partial charge is 0.335 e. The lowest BCUT2D eigenvalue weighted by atomic mass is 10.0. The van der Waals surface area contributed by atoms with Gasteiger partial charge in [-0.25, -0.2) is 4.79 Å². The molecule has 1 aromatic rings. The first-order valence-corrected chi connectivity index (χ1v) is 6.49. The molecule has 4 nitrogen and oxygen atoms in total. The van der Waals surface area contributed by atoms with Crippen molar-refractivity contribution in [3.63, 3.8) is 0 Å². The Morgan fingerprint density at radius 1 is 1.26 bits per heavy atom. The number of benzene rings is 1. The van der Waals surface area contributed by atoms with Gasteiger partial charge in [-0.1, -0.05) is 19.8 Å². The van der Waals surface area contributed by atoms with Crippen molar-refractivity contribution in [2.75, 3.05) is 6.61 Å². The number of ether oxygens (including phenoxy) is 1. The van der Waals surface area contributed by atoms with Crippen molar-refractivity contribution in [1.29, 1.82) is 0 Å². The Bertz CT molecular complexity index is 477. The predicted molar refractivity (Wildman–Crippen MR) is 73.2 cm³/mol. The molecule has 1 aromatic carbocycles. The van der Waals surface area contributed by atoms with E-state index in [1.54, 1.807) is 6.92 Å². The van der Waals surface area contributed by atoms with E-state index < -0.39 is 5.97 Å². The number of carboxylic acids is 1. The van der Waals surface area contributed by atoms with Gasteiger partial charge < -0.3 is 9.84 Å². The van der Waals surface area contributed by atoms with E-state index in [0.29, 0.717) is 23.5 Å². The van der Waals surface area contributed by atoms with Crippen molar-refractivity contribution in [1.82, 2.24) is 0 Å². The van der Waals surface area contributed by atoms with E-state index in [1.165, 1.54) is 19.1 Å². The average molecular weight is 264 g/mol. The van der Waals surface area contributed by atoms with Gasteiger partial charge in [-0.3, -0.25) is 4.79 Å². The Morgan fingerprint density at radius 2 is 1.95 bits per heavy atom. The Labute approximate surface area is 113 Å². The number of unbranched alkanes of at least 4 members (excludes halogenated alkanes) is 2. The van der Waals surface area contributed by atoms with Gasteiger partial charge in [-0.2, -0.15) is 0 Å². The zero-order chi connectivity index (χ0) is 14.4. The second-order valence-electron chi connectivity index (χ2n) is 4.58. The number of aryl methyl sites for hydroxylation is 1. The molecule has 0 heterocycles. The molecule has 0 aromatic heterocycles. The predicted octanol–water partition coefficient (Wildman–Crippen LogP) is 3.46. The number of ketones is 1. The van der Waals surface area contributed by atoms with E-state index >= 15 is 0 Å². The van der Waals surface area contributed by atoms with Gasteiger partial charge in [0.15, 0.2) is 5.78 Å². The van der Waals surface area contributed by atoms with E-state index in [9.17, 15) is 9.59 Å². The highest BCUT2D eigenvalue weighted by Crippen LogP contribution is 2.25. The highest BCUT2D eigenvalue weighted by molar-refractivity contribution is 6.00. The molecule has 0 aliphatic rings. The summed E-state index contributed by atoms with van der Waals surface area (Å²) < 4.78 is 5.59. The maximum absolute atomic E-state index is 11.6. The first-order chi connectivity index (χ1) is 8.97. The molecule has 104 valence electrons. The van der Waals surface area contributed by atoms with E-state index in [2.05, 4.69) is 6.92 Å². The molecule has 0 unspecified atom stereocenters. The minimum absolute atomic E-state index is 0.111. The number of aromatic carboxylic acids is 1. The molecule has 0 aliphatic carbocycles. The molecule has 0 bridgehead atoms. The molecule has 1 N–H and O–H groups in total. The first-order valence-electron chi connectivity index (χ1n) is 6.49. The van der Waals surface area contributed by atoms with Gasteiger partial charge in [0.1, 0.15) is 5.75 Å². The van der Waals surface area contributed by atoms with Crippen LogP contribution in [-0.2, 0) is 0 Å². The lowest BCUT2D eigenvalue weighted by Gasteiger charge is -2.13. The van der Waals surface area contributed by atoms with E-state index in [-0.39, 0.29) is 11.3 Å². The van der Waals surface area contributed by atoms with Gasteiger partial charge in [0.25, 0.3) is 0 Å². The lowest BCUT2D eigenvalue weighted by Crippen LogP contribution is -2.08. The molecule has 0 spiro atoms. The van der Waals surface area contributed by atoms with Crippen LogP contribution in [0.15, 0.2) is 12.1 Å². The van der Waals surface area contributed by atoms with Gasteiger partial charge in [0, 0.05) is 0 Å². The van der Waals surface area contributed by atoms with E-state index in [1.807, 2.05) is 0 Å². The molecule has 0 radical (unpaired) electrons. The van der Waals surface area contributed by atoms with E-state index in [0.717, 1.165) is 19.3 Å². The summed E-state index contributed by atoms with van der Waals surface area (Å²) in [6, 6.07) is 2.93. The van der Waals surface area contributed by atoms with Crippen LogP contribution in [0.3, 0.4) is 0 Å². The third-order valence-corrected chi connectivity index (χ3v) is 2.90. The largest absolute Gasteiger partial charge is 0.493 e. The van der Waals surface area contributed by atoms with Crippen LogP contribution in [0.4, 0.5) is 0 Å². The highest BCUT2D eigenvalue weighted by atomic mass is 16.5. The summed E-state index contributed by atoms with van der Waals surface area (Å²) in [6.07, 6.45) is 3.02. The van der Waals surface area contributed by atoms with Gasteiger partial charge in [-0.15, -0.1) is 0 Å². The van der Waals surface area contributed by atoms with Gasteiger partial charge in [0.2, 0.25) is 0 Å². The molecule has 0 fully saturated rings. The van der Waals surface area contributed by atoms with Crippen LogP contribution in [0.2, 0.25) is 0 Å². The summed E-state index contributed by atoms with van der Waals surface area (Å²) in [5.41, 5.74) is 1.26. The van der Waals surface area contributed by atoms with Crippen LogP contribution >= 0.6 is 0 Å². The average Bonchev–Trinajstić information content (AvgIpc) is 2.33. The van der Waals surface area contributed by atoms with Crippen LogP contribution in [0.5, 0.6) is 5.75 Å². The standard InChI is InChI=1S/C15H20O4/c1-4-5-6-7-19-13-9-12(15(17)18)8-10(2)14(13)11(3)16/h8-9H,4-7H2,1-3H3,(H,17,18). The zero-order valence-electron chi connectivity index (χ0n) is 11.7. The van der Waals surface area contributed by atoms with E-state index in [4.69, 9.17) is 9.84 Å². The topological polar surface area (TPSA) is 63.6 Å². The second-order valence-corrected chi connectivity index (χ2v) is 4.58. The fraction of sp³-hybridized carbons (Fsp3) is 0.467. The Kier molecular flexibility index (Phi) is 5.55. The monoisotopic (exact) mass is 264 g/mol. The number of carboxylic acid groups (broad SMARTS) is 1. The quantitative estimate of drug-likeness (QED) is 0.605. The van der Waals surface area contributed by atoms with Crippen LogP contribution in [-0.4, -0.2) is 23.5 Å². The molecule has 0 amide bonds. The fourth-order valence-corrected chi connectivity index (χ4v) is 1.98. The summed E-state index contributed by atoms with van der Waals surface area (Å²) in [6.45, 7) is 5.77. The van der Waals surface area contributed by atoms with Crippen LogP contribution in [0.25, 0.3) is 0 Å². The third-order valence-electron chi connectivity index (χ3n) is 2.90. The second kappa shape index (κ2) is 6.92. The molecule has 4 heteroatoms. The van der Waals surface area contributed by atoms with Crippen molar-refractivity contribution in [3.8, 4) is 5.75 Å². The number of hydrogen-bond donors (Lipinski definition) is 1. The normalized spacial score (nSPS) is 10.3. The summed E-state index contributed by atoms with van der Waals surface area (Å²) in [7, 11) is 0. The molecular formula is C15H20O4. The number of carbonyl (C=O) groups is 2. The molecular weight excluding hydrogens is 244 g/mol. The summed E-state index contributed by atoms with van der Waals surface area (Å²) >= 11 is 0. The van der Waals surface area contributed by atoms with Gasteiger partial charge in [0.05, 0.1) is 17.7 Å². The van der Waals surface area contributed by atoms with Crippen molar-refractivity contribution in [2.45, 2.75) is 40.0 Å². The molecule has 0 saturated heterocycles. The Balaban J connectivity index is 3.03. The molecule has 19 heavy (non-hydrogen) atoms. The van der Waals surface area contributed by atoms with Gasteiger partial charge >= 0.3 is 5.97 Å². The fourth-order valence-electron chi connectivity index (χ4n) is 1.98. The van der Waals surface area contributed by atoms with Crippen molar-refractivity contribution < 1.29 is 19.4 Å². The maximum atomic E-state index is 11.6. The van der Waals surface area contributed by atoms with Crippen LogP contribution < -0.4 is 4.74 Å². The Hall–Kier alpha value is -1.84. The lowest BCUT2D eigenvalue weighted by molar-refractivity contribution is 0.0695. The van der Waals surface area contributed by atoms with Crippen molar-refractivity contribution >= 4 is 11.8 Å². The molecule has 0 aliphatic heterocycles. The molecule has 0 atom stereocenters. The van der Waals surface area contributed by atoms with Gasteiger partial charge in [-0.05, 0) is 38.0 Å². The highest BCUT2D eigenvalue weighted by Gasteiger charge is 2.16. The minimum Gasteiger partial charge on any atom is -0.493 e. The molecule has 0 saturated carbocycles. The summed E-state index contributed by atoms with van der Waals surface area (Å²) in [5, 5.41) is 9.03. The number of carbonyl (C=O) groups excluding carboxylic acids is 1. The SMILES string of the molecule is CCCCCOc1cc(C(=O)O)cc(C)c1C(C)=O. The maximum Gasteiger partial charge on any atom is 0.335 e. The first kappa shape index (κ1) is 15.2. The van der Waals surface area contributed by atoms with Crippen LogP contribution in [0, 0.1) is 6.92 Å².